The van der Waals surface area contributed by atoms with Gasteiger partial charge in [0.25, 0.3) is 0 Å². The van der Waals surface area contributed by atoms with E-state index in [-0.39, 0.29) is 0 Å². The van der Waals surface area contributed by atoms with Crippen molar-refractivity contribution in [2.75, 3.05) is 0 Å². The Morgan fingerprint density at radius 1 is 0.600 bits per heavy atom. The molecule has 0 aliphatic heterocycles. The highest BCUT2D eigenvalue weighted by atomic mass is 14.2. The summed E-state index contributed by atoms with van der Waals surface area (Å²) < 4.78 is 0. The second-order valence-corrected chi connectivity index (χ2v) is 8.37. The smallest absolute Gasteiger partial charge is 0.0146 e. The minimum atomic E-state index is 0.554. The lowest BCUT2D eigenvalue weighted by Gasteiger charge is -2.17. The molecule has 1 atom stereocenters. The second kappa shape index (κ2) is 8.71. The van der Waals surface area contributed by atoms with Crippen molar-refractivity contribution in [3.05, 3.63) is 108 Å². The molecule has 1 unspecified atom stereocenters. The van der Waals surface area contributed by atoms with E-state index in [1.807, 2.05) is 0 Å². The third kappa shape index (κ3) is 4.09. The third-order valence-corrected chi connectivity index (χ3v) is 6.23. The van der Waals surface area contributed by atoms with Crippen molar-refractivity contribution in [3.8, 4) is 33.4 Å². The lowest BCUT2D eigenvalue weighted by atomic mass is 9.87. The van der Waals surface area contributed by atoms with Gasteiger partial charge in [-0.1, -0.05) is 104 Å². The van der Waals surface area contributed by atoms with Crippen molar-refractivity contribution < 1.29 is 0 Å². The first kappa shape index (κ1) is 20.2. The van der Waals surface area contributed by atoms with Gasteiger partial charge in [-0.3, -0.25) is 0 Å². The van der Waals surface area contributed by atoms with E-state index in [1.54, 1.807) is 0 Å². The quantitative estimate of drug-likeness (QED) is 0.319. The van der Waals surface area contributed by atoms with Gasteiger partial charge in [-0.05, 0) is 76.8 Å². The van der Waals surface area contributed by atoms with E-state index in [0.717, 1.165) is 6.42 Å². The molecule has 0 aliphatic rings. The van der Waals surface area contributed by atoms with Crippen molar-refractivity contribution >= 4 is 0 Å². The Morgan fingerprint density at radius 3 is 1.77 bits per heavy atom. The van der Waals surface area contributed by atoms with Crippen LogP contribution in [0.5, 0.6) is 0 Å². The Balaban J connectivity index is 1.71. The lowest BCUT2D eigenvalue weighted by molar-refractivity contribution is 0.735. The van der Waals surface area contributed by atoms with Gasteiger partial charge in [0.1, 0.15) is 0 Å². The first-order valence-corrected chi connectivity index (χ1v) is 10.9. The minimum Gasteiger partial charge on any atom is -0.0648 e. The van der Waals surface area contributed by atoms with Crippen LogP contribution < -0.4 is 0 Å². The molecular weight excluding hydrogens is 360 g/mol. The molecule has 4 aromatic rings. The normalized spacial score (nSPS) is 12.0. The van der Waals surface area contributed by atoms with E-state index in [1.165, 1.54) is 50.1 Å². The van der Waals surface area contributed by atoms with Gasteiger partial charge in [-0.25, -0.2) is 0 Å². The van der Waals surface area contributed by atoms with Crippen LogP contribution in [0.1, 0.15) is 42.9 Å². The molecule has 0 saturated heterocycles. The van der Waals surface area contributed by atoms with Gasteiger partial charge in [-0.15, -0.1) is 0 Å². The Bertz CT molecular complexity index is 1130. The Hall–Kier alpha value is -3.12. The predicted octanol–water partition coefficient (Wildman–Crippen LogP) is 8.82. The van der Waals surface area contributed by atoms with Crippen molar-refractivity contribution in [2.45, 2.75) is 40.0 Å². The largest absolute Gasteiger partial charge is 0.0648 e. The summed E-state index contributed by atoms with van der Waals surface area (Å²) in [6.45, 7) is 8.93. The SMILES string of the molecule is CCC(C)c1ccccc1-c1cc(-c2ccc(-c3ccc(C)cc3)cc2)ccc1C. The average molecular weight is 391 g/mol. The van der Waals surface area contributed by atoms with Crippen LogP contribution in [0.3, 0.4) is 0 Å². The highest BCUT2D eigenvalue weighted by Crippen LogP contribution is 2.35. The summed E-state index contributed by atoms with van der Waals surface area (Å²) in [4.78, 5) is 0. The molecule has 150 valence electrons. The van der Waals surface area contributed by atoms with Crippen LogP contribution in [-0.2, 0) is 0 Å². The molecule has 0 aliphatic carbocycles. The molecule has 4 aromatic carbocycles. The molecule has 30 heavy (non-hydrogen) atoms. The summed E-state index contributed by atoms with van der Waals surface area (Å²) >= 11 is 0. The Morgan fingerprint density at radius 2 is 1.13 bits per heavy atom. The molecule has 0 N–H and O–H groups in total. The van der Waals surface area contributed by atoms with Gasteiger partial charge in [0.2, 0.25) is 0 Å². The molecule has 0 spiro atoms. The summed E-state index contributed by atoms with van der Waals surface area (Å²) in [5, 5.41) is 0. The standard InChI is InChI=1S/C30H30/c1-5-22(3)28-8-6-7-9-29(28)30-20-27(15-12-23(30)4)26-18-16-25(17-19-26)24-13-10-21(2)11-14-24/h6-20,22H,5H2,1-4H3. The van der Waals surface area contributed by atoms with Crippen molar-refractivity contribution in [1.29, 1.82) is 0 Å². The molecule has 0 fully saturated rings. The van der Waals surface area contributed by atoms with Gasteiger partial charge >= 0.3 is 0 Å². The summed E-state index contributed by atoms with van der Waals surface area (Å²) in [7, 11) is 0. The number of hydrogen-bond donors (Lipinski definition) is 0. The topological polar surface area (TPSA) is 0 Å². The van der Waals surface area contributed by atoms with Crippen LogP contribution in [0.2, 0.25) is 0 Å². The van der Waals surface area contributed by atoms with Gasteiger partial charge in [-0.2, -0.15) is 0 Å². The van der Waals surface area contributed by atoms with Crippen molar-refractivity contribution in [1.82, 2.24) is 0 Å². The zero-order valence-electron chi connectivity index (χ0n) is 18.4. The predicted molar refractivity (Wildman–Crippen MR) is 131 cm³/mol. The fourth-order valence-electron chi connectivity index (χ4n) is 4.08. The van der Waals surface area contributed by atoms with E-state index >= 15 is 0 Å². The summed E-state index contributed by atoms with van der Waals surface area (Å²) in [5.74, 6) is 0.554. The maximum Gasteiger partial charge on any atom is -0.0146 e. The lowest BCUT2D eigenvalue weighted by Crippen LogP contribution is -1.96. The van der Waals surface area contributed by atoms with Crippen LogP contribution in [0, 0.1) is 13.8 Å². The van der Waals surface area contributed by atoms with Crippen LogP contribution in [0.25, 0.3) is 33.4 Å². The van der Waals surface area contributed by atoms with E-state index in [9.17, 15) is 0 Å². The molecule has 0 heteroatoms. The molecule has 0 heterocycles. The first-order chi connectivity index (χ1) is 14.6. The van der Waals surface area contributed by atoms with Crippen LogP contribution in [0.4, 0.5) is 0 Å². The first-order valence-electron chi connectivity index (χ1n) is 10.9. The molecule has 0 nitrogen and oxygen atoms in total. The molecular formula is C30H30. The average Bonchev–Trinajstić information content (AvgIpc) is 2.79. The van der Waals surface area contributed by atoms with E-state index in [2.05, 4.69) is 119 Å². The summed E-state index contributed by atoms with van der Waals surface area (Å²) in [6.07, 6.45) is 1.15. The fourth-order valence-corrected chi connectivity index (χ4v) is 4.08. The molecule has 0 amide bonds. The number of hydrogen-bond acceptors (Lipinski definition) is 0. The Kier molecular flexibility index (Phi) is 5.86. The van der Waals surface area contributed by atoms with Gasteiger partial charge in [0.05, 0.1) is 0 Å². The molecule has 0 bridgehead atoms. The molecule has 0 saturated carbocycles. The monoisotopic (exact) mass is 390 g/mol. The summed E-state index contributed by atoms with van der Waals surface area (Å²) in [6, 6.07) is 33.4. The van der Waals surface area contributed by atoms with Crippen LogP contribution in [-0.4, -0.2) is 0 Å². The van der Waals surface area contributed by atoms with Gasteiger partial charge in [0, 0.05) is 0 Å². The Labute approximate surface area is 181 Å². The van der Waals surface area contributed by atoms with Crippen LogP contribution in [0.15, 0.2) is 91.0 Å². The highest BCUT2D eigenvalue weighted by molar-refractivity contribution is 5.78. The molecule has 4 rings (SSSR count). The zero-order valence-corrected chi connectivity index (χ0v) is 18.4. The number of rotatable bonds is 5. The van der Waals surface area contributed by atoms with E-state index in [4.69, 9.17) is 0 Å². The number of aryl methyl sites for hydroxylation is 2. The van der Waals surface area contributed by atoms with E-state index < -0.39 is 0 Å². The van der Waals surface area contributed by atoms with Crippen molar-refractivity contribution in [2.24, 2.45) is 0 Å². The third-order valence-electron chi connectivity index (χ3n) is 6.23. The number of benzene rings is 4. The second-order valence-electron chi connectivity index (χ2n) is 8.37. The van der Waals surface area contributed by atoms with Gasteiger partial charge in [0.15, 0.2) is 0 Å². The minimum absolute atomic E-state index is 0.554. The molecule has 0 radical (unpaired) electrons. The highest BCUT2D eigenvalue weighted by Gasteiger charge is 2.13. The van der Waals surface area contributed by atoms with E-state index in [0.29, 0.717) is 5.92 Å². The molecule has 0 aromatic heterocycles. The maximum absolute atomic E-state index is 2.36. The van der Waals surface area contributed by atoms with Gasteiger partial charge < -0.3 is 0 Å². The fraction of sp³-hybridized carbons (Fsp3) is 0.200. The van der Waals surface area contributed by atoms with Crippen molar-refractivity contribution in [3.63, 3.8) is 0 Å². The summed E-state index contributed by atoms with van der Waals surface area (Å²) in [5.41, 5.74) is 11.8. The zero-order chi connectivity index (χ0) is 21.1. The maximum atomic E-state index is 2.36. The van der Waals surface area contributed by atoms with Crippen LogP contribution >= 0.6 is 0 Å².